The van der Waals surface area contributed by atoms with E-state index in [1.54, 1.807) is 6.92 Å². The zero-order valence-corrected chi connectivity index (χ0v) is 12.4. The van der Waals surface area contributed by atoms with Crippen molar-refractivity contribution in [1.82, 2.24) is 20.9 Å². The van der Waals surface area contributed by atoms with Crippen LogP contribution in [0.2, 0.25) is 0 Å². The van der Waals surface area contributed by atoms with Gasteiger partial charge in [-0.25, -0.2) is 9.42 Å². The highest BCUT2D eigenvalue weighted by Crippen LogP contribution is 2.44. The van der Waals surface area contributed by atoms with E-state index in [9.17, 15) is 4.79 Å². The van der Waals surface area contributed by atoms with E-state index in [-0.39, 0.29) is 17.5 Å². The summed E-state index contributed by atoms with van der Waals surface area (Å²) in [4.78, 5) is 12.1. The first kappa shape index (κ1) is 14.3. The largest absolute Gasteiger partial charge is 0.381 e. The highest BCUT2D eigenvalue weighted by atomic mass is 16.6. The number of carbonyl (C=O) groups excluding carboxylic acids is 1. The second-order valence-electron chi connectivity index (χ2n) is 6.09. The molecule has 1 aromatic rings. The number of carbonyl (C=O) groups is 1. The number of nitrogens with zero attached hydrogens (tertiary/aromatic N) is 2. The summed E-state index contributed by atoms with van der Waals surface area (Å²) in [6.45, 7) is 3.62. The minimum atomic E-state index is -0.157. The normalized spacial score (nSPS) is 24.1. The highest BCUT2D eigenvalue weighted by molar-refractivity contribution is 5.74. The molecule has 2 heterocycles. The molecular formula is C14H22N4O3. The number of aryl methyl sites for hydroxylation is 1. The predicted octanol–water partition coefficient (Wildman–Crippen LogP) is 1.53. The molecule has 1 atom stereocenters. The molecule has 1 aromatic heterocycles. The van der Waals surface area contributed by atoms with Crippen molar-refractivity contribution in [2.75, 3.05) is 13.2 Å². The van der Waals surface area contributed by atoms with E-state index in [4.69, 9.17) is 4.74 Å². The summed E-state index contributed by atoms with van der Waals surface area (Å²) in [5, 5.41) is 13.4. The Balaban J connectivity index is 1.55. The Bertz CT molecular complexity index is 496. The van der Waals surface area contributed by atoms with Crippen LogP contribution >= 0.6 is 0 Å². The van der Waals surface area contributed by atoms with Gasteiger partial charge in [0, 0.05) is 18.1 Å². The van der Waals surface area contributed by atoms with Crippen LogP contribution in [0.4, 0.5) is 4.79 Å². The van der Waals surface area contributed by atoms with Crippen LogP contribution in [0.25, 0.3) is 0 Å². The number of urea groups is 1. The van der Waals surface area contributed by atoms with Crippen molar-refractivity contribution in [1.29, 1.82) is 0 Å². The van der Waals surface area contributed by atoms with Crippen molar-refractivity contribution < 1.29 is 14.2 Å². The Morgan fingerprint density at radius 2 is 2.19 bits per heavy atom. The molecule has 3 rings (SSSR count). The van der Waals surface area contributed by atoms with E-state index < -0.39 is 0 Å². The van der Waals surface area contributed by atoms with Gasteiger partial charge in [-0.2, -0.15) is 0 Å². The molecule has 2 N–H and O–H groups in total. The summed E-state index contributed by atoms with van der Waals surface area (Å²) in [7, 11) is 0. The van der Waals surface area contributed by atoms with E-state index >= 15 is 0 Å². The SMILES string of the molecule is Cc1nonc1CNC(=O)NC1CCOCC12CCCC2. The first-order valence-electron chi connectivity index (χ1n) is 7.60. The fourth-order valence-electron chi connectivity index (χ4n) is 3.46. The number of hydrogen-bond donors (Lipinski definition) is 2. The molecule has 0 radical (unpaired) electrons. The number of amides is 2. The molecule has 1 unspecified atom stereocenters. The lowest BCUT2D eigenvalue weighted by atomic mass is 9.76. The maximum absolute atomic E-state index is 12.1. The molecule has 1 saturated heterocycles. The molecule has 1 saturated carbocycles. The van der Waals surface area contributed by atoms with Crippen molar-refractivity contribution in [2.45, 2.75) is 51.6 Å². The molecule has 7 heteroatoms. The molecule has 1 aliphatic heterocycles. The van der Waals surface area contributed by atoms with E-state index in [0.29, 0.717) is 17.9 Å². The van der Waals surface area contributed by atoms with Crippen LogP contribution in [0.3, 0.4) is 0 Å². The van der Waals surface area contributed by atoms with Gasteiger partial charge < -0.3 is 15.4 Å². The van der Waals surface area contributed by atoms with Crippen molar-refractivity contribution in [3.05, 3.63) is 11.4 Å². The summed E-state index contributed by atoms with van der Waals surface area (Å²) in [5.41, 5.74) is 1.50. The molecule has 1 spiro atoms. The van der Waals surface area contributed by atoms with Gasteiger partial charge in [0.2, 0.25) is 0 Å². The molecule has 0 bridgehead atoms. The van der Waals surface area contributed by atoms with Crippen molar-refractivity contribution in [3.63, 3.8) is 0 Å². The second kappa shape index (κ2) is 6.01. The lowest BCUT2D eigenvalue weighted by Crippen LogP contribution is -2.54. The number of ether oxygens (including phenoxy) is 1. The average Bonchev–Trinajstić information content (AvgIpc) is 3.10. The van der Waals surface area contributed by atoms with E-state index in [2.05, 4.69) is 25.6 Å². The van der Waals surface area contributed by atoms with Gasteiger partial charge in [-0.15, -0.1) is 0 Å². The van der Waals surface area contributed by atoms with Crippen molar-refractivity contribution >= 4 is 6.03 Å². The van der Waals surface area contributed by atoms with Crippen LogP contribution in [0.5, 0.6) is 0 Å². The average molecular weight is 294 g/mol. The zero-order chi connectivity index (χ0) is 14.7. The second-order valence-corrected chi connectivity index (χ2v) is 6.09. The number of nitrogens with one attached hydrogen (secondary N) is 2. The Hall–Kier alpha value is -1.63. The smallest absolute Gasteiger partial charge is 0.315 e. The van der Waals surface area contributed by atoms with Gasteiger partial charge in [0.05, 0.1) is 13.2 Å². The Morgan fingerprint density at radius 3 is 2.90 bits per heavy atom. The lowest BCUT2D eigenvalue weighted by molar-refractivity contribution is -0.0264. The topological polar surface area (TPSA) is 89.3 Å². The highest BCUT2D eigenvalue weighted by Gasteiger charge is 2.44. The Labute approximate surface area is 123 Å². The molecule has 1 aliphatic carbocycles. The molecule has 0 aromatic carbocycles. The maximum atomic E-state index is 12.1. The molecule has 2 aliphatic rings. The molecule has 21 heavy (non-hydrogen) atoms. The fraction of sp³-hybridized carbons (Fsp3) is 0.786. The molecule has 7 nitrogen and oxygen atoms in total. The van der Waals surface area contributed by atoms with E-state index in [1.807, 2.05) is 0 Å². The van der Waals surface area contributed by atoms with Gasteiger partial charge in [-0.1, -0.05) is 23.2 Å². The van der Waals surface area contributed by atoms with Gasteiger partial charge in [0.1, 0.15) is 11.4 Å². The Kier molecular flexibility index (Phi) is 4.10. The quantitative estimate of drug-likeness (QED) is 0.882. The maximum Gasteiger partial charge on any atom is 0.315 e. The number of rotatable bonds is 3. The minimum absolute atomic E-state index is 0.140. The molecular weight excluding hydrogens is 272 g/mol. The molecule has 2 amide bonds. The van der Waals surface area contributed by atoms with Gasteiger partial charge in [-0.05, 0) is 26.2 Å². The standard InChI is InChI=1S/C14H22N4O3/c1-10-11(18-21-17-10)8-15-13(19)16-12-4-7-20-9-14(12)5-2-3-6-14/h12H,2-9H2,1H3,(H2,15,16,19). The van der Waals surface area contributed by atoms with Gasteiger partial charge in [0.15, 0.2) is 0 Å². The summed E-state index contributed by atoms with van der Waals surface area (Å²) in [6.07, 6.45) is 5.63. The van der Waals surface area contributed by atoms with Crippen LogP contribution < -0.4 is 10.6 Å². The van der Waals surface area contributed by atoms with Crippen LogP contribution in [0.15, 0.2) is 4.63 Å². The third-order valence-electron chi connectivity index (χ3n) is 4.75. The zero-order valence-electron chi connectivity index (χ0n) is 12.4. The van der Waals surface area contributed by atoms with Crippen LogP contribution in [0, 0.1) is 12.3 Å². The van der Waals surface area contributed by atoms with Crippen LogP contribution in [0.1, 0.15) is 43.5 Å². The lowest BCUT2D eigenvalue weighted by Gasteiger charge is -2.41. The van der Waals surface area contributed by atoms with Gasteiger partial charge >= 0.3 is 6.03 Å². The minimum Gasteiger partial charge on any atom is -0.381 e. The third-order valence-corrected chi connectivity index (χ3v) is 4.75. The monoisotopic (exact) mass is 294 g/mol. The summed E-state index contributed by atoms with van der Waals surface area (Å²) >= 11 is 0. The summed E-state index contributed by atoms with van der Waals surface area (Å²) in [6, 6.07) is 0.0425. The first-order chi connectivity index (χ1) is 10.2. The number of hydrogen-bond acceptors (Lipinski definition) is 5. The summed E-state index contributed by atoms with van der Waals surface area (Å²) in [5.74, 6) is 0. The fourth-order valence-corrected chi connectivity index (χ4v) is 3.46. The van der Waals surface area contributed by atoms with E-state index in [0.717, 1.165) is 32.5 Å². The van der Waals surface area contributed by atoms with Crippen LogP contribution in [-0.4, -0.2) is 35.6 Å². The Morgan fingerprint density at radius 1 is 1.38 bits per heavy atom. The third kappa shape index (κ3) is 3.02. The van der Waals surface area contributed by atoms with Gasteiger partial charge in [0.25, 0.3) is 0 Å². The van der Waals surface area contributed by atoms with Crippen LogP contribution in [-0.2, 0) is 11.3 Å². The molecule has 2 fully saturated rings. The predicted molar refractivity (Wildman–Crippen MR) is 74.5 cm³/mol. The summed E-state index contributed by atoms with van der Waals surface area (Å²) < 4.78 is 10.3. The number of aromatic nitrogens is 2. The van der Waals surface area contributed by atoms with E-state index in [1.165, 1.54) is 12.8 Å². The van der Waals surface area contributed by atoms with Crippen molar-refractivity contribution in [3.8, 4) is 0 Å². The van der Waals surface area contributed by atoms with Gasteiger partial charge in [-0.3, -0.25) is 0 Å². The first-order valence-corrected chi connectivity index (χ1v) is 7.60. The van der Waals surface area contributed by atoms with Crippen molar-refractivity contribution in [2.24, 2.45) is 5.41 Å². The molecule has 116 valence electrons.